The molecular formula is C17H24FN3. The van der Waals surface area contributed by atoms with Gasteiger partial charge < -0.3 is 0 Å². The van der Waals surface area contributed by atoms with Crippen molar-refractivity contribution in [3.63, 3.8) is 0 Å². The molecule has 21 heavy (non-hydrogen) atoms. The number of nitrogens with zero attached hydrogens (tertiary/aromatic N) is 3. The third-order valence-corrected chi connectivity index (χ3v) is 3.85. The Morgan fingerprint density at radius 1 is 1.29 bits per heavy atom. The van der Waals surface area contributed by atoms with Crippen LogP contribution in [0.15, 0.2) is 30.7 Å². The normalized spacial score (nSPS) is 14.8. The van der Waals surface area contributed by atoms with Gasteiger partial charge in [0.2, 0.25) is 0 Å². The van der Waals surface area contributed by atoms with E-state index in [0.29, 0.717) is 5.56 Å². The highest BCUT2D eigenvalue weighted by molar-refractivity contribution is 5.57. The molecule has 2 aromatic rings. The van der Waals surface area contributed by atoms with E-state index in [1.54, 1.807) is 12.3 Å². The Kier molecular flexibility index (Phi) is 5.90. The molecule has 1 fully saturated rings. The van der Waals surface area contributed by atoms with Crippen molar-refractivity contribution in [2.24, 2.45) is 5.92 Å². The number of pyridine rings is 1. The number of alkyl halides is 1. The maximum atomic E-state index is 12.4. The van der Waals surface area contributed by atoms with E-state index in [-0.39, 0.29) is 0 Å². The number of halogens is 1. The van der Waals surface area contributed by atoms with Crippen LogP contribution in [0.2, 0.25) is 0 Å². The summed E-state index contributed by atoms with van der Waals surface area (Å²) < 4.78 is 14.3. The first-order valence-corrected chi connectivity index (χ1v) is 7.76. The summed E-state index contributed by atoms with van der Waals surface area (Å²) in [5.41, 5.74) is 2.27. The van der Waals surface area contributed by atoms with Gasteiger partial charge in [-0.15, -0.1) is 0 Å². The summed E-state index contributed by atoms with van der Waals surface area (Å²) in [6, 6.07) is 3.68. The SMILES string of the molecule is CC1CCCC1.CCn1ccc(-c2cncc(CF)c2)n1. The van der Waals surface area contributed by atoms with Crippen molar-refractivity contribution in [3.05, 3.63) is 36.3 Å². The lowest BCUT2D eigenvalue weighted by Gasteiger charge is -1.98. The van der Waals surface area contributed by atoms with Crippen LogP contribution in [0.5, 0.6) is 0 Å². The minimum absolute atomic E-state index is 0.491. The smallest absolute Gasteiger partial charge is 0.116 e. The lowest BCUT2D eigenvalue weighted by atomic mass is 10.2. The van der Waals surface area contributed by atoms with E-state index in [9.17, 15) is 4.39 Å². The number of hydrogen-bond acceptors (Lipinski definition) is 2. The van der Waals surface area contributed by atoms with Gasteiger partial charge in [-0.05, 0) is 25.0 Å². The fourth-order valence-electron chi connectivity index (χ4n) is 2.52. The van der Waals surface area contributed by atoms with Gasteiger partial charge in [0.05, 0.1) is 5.69 Å². The molecule has 1 aliphatic carbocycles. The highest BCUT2D eigenvalue weighted by Crippen LogP contribution is 2.23. The molecule has 0 aromatic carbocycles. The van der Waals surface area contributed by atoms with Crippen LogP contribution in [-0.4, -0.2) is 14.8 Å². The number of aromatic nitrogens is 3. The summed E-state index contributed by atoms with van der Waals surface area (Å²) in [5, 5.41) is 4.33. The Labute approximate surface area is 126 Å². The Morgan fingerprint density at radius 2 is 2.05 bits per heavy atom. The van der Waals surface area contributed by atoms with E-state index in [1.807, 2.05) is 23.9 Å². The molecule has 0 N–H and O–H groups in total. The standard InChI is InChI=1S/C11H12FN3.C6H12/c1-2-15-4-3-11(14-15)10-5-9(6-12)7-13-8-10;1-6-4-2-3-5-6/h3-5,7-8H,2,6H2,1H3;6H,2-5H2,1H3. The van der Waals surface area contributed by atoms with Gasteiger partial charge in [0.15, 0.2) is 0 Å². The molecule has 0 radical (unpaired) electrons. The van der Waals surface area contributed by atoms with Crippen molar-refractivity contribution in [2.45, 2.75) is 52.8 Å². The van der Waals surface area contributed by atoms with Gasteiger partial charge in [0.1, 0.15) is 6.67 Å². The predicted octanol–water partition coefficient (Wildman–Crippen LogP) is 4.63. The van der Waals surface area contributed by atoms with Crippen LogP contribution in [-0.2, 0) is 13.2 Å². The summed E-state index contributed by atoms with van der Waals surface area (Å²) in [5.74, 6) is 1.05. The monoisotopic (exact) mass is 289 g/mol. The number of hydrogen-bond donors (Lipinski definition) is 0. The van der Waals surface area contributed by atoms with E-state index in [0.717, 1.165) is 23.7 Å². The van der Waals surface area contributed by atoms with Crippen LogP contribution in [0.25, 0.3) is 11.3 Å². The highest BCUT2D eigenvalue weighted by Gasteiger charge is 2.07. The Hall–Kier alpha value is -1.71. The Balaban J connectivity index is 0.000000225. The summed E-state index contributed by atoms with van der Waals surface area (Å²) in [7, 11) is 0. The van der Waals surface area contributed by atoms with E-state index in [1.165, 1.54) is 31.9 Å². The zero-order chi connectivity index (χ0) is 15.1. The van der Waals surface area contributed by atoms with Gasteiger partial charge in [0, 0.05) is 36.3 Å². The molecule has 0 aliphatic heterocycles. The first-order valence-electron chi connectivity index (χ1n) is 7.76. The van der Waals surface area contributed by atoms with E-state index in [4.69, 9.17) is 0 Å². The summed E-state index contributed by atoms with van der Waals surface area (Å²) in [4.78, 5) is 3.98. The molecule has 1 saturated carbocycles. The molecular weight excluding hydrogens is 265 g/mol. The molecule has 3 rings (SSSR count). The Bertz CT molecular complexity index is 544. The molecule has 0 atom stereocenters. The fraction of sp³-hybridized carbons (Fsp3) is 0.529. The third-order valence-electron chi connectivity index (χ3n) is 3.85. The zero-order valence-corrected chi connectivity index (χ0v) is 12.9. The maximum Gasteiger partial charge on any atom is 0.116 e. The average Bonchev–Trinajstić information content (AvgIpc) is 3.19. The van der Waals surface area contributed by atoms with E-state index >= 15 is 0 Å². The second-order valence-electron chi connectivity index (χ2n) is 5.66. The van der Waals surface area contributed by atoms with Crippen molar-refractivity contribution in [2.75, 3.05) is 0 Å². The molecule has 2 heterocycles. The molecule has 0 spiro atoms. The van der Waals surface area contributed by atoms with E-state index in [2.05, 4.69) is 17.0 Å². The first-order chi connectivity index (χ1) is 10.2. The zero-order valence-electron chi connectivity index (χ0n) is 12.9. The molecule has 1 aliphatic rings. The largest absolute Gasteiger partial charge is 0.272 e. The number of rotatable bonds is 3. The fourth-order valence-corrected chi connectivity index (χ4v) is 2.52. The molecule has 4 heteroatoms. The minimum Gasteiger partial charge on any atom is -0.272 e. The quantitative estimate of drug-likeness (QED) is 0.824. The van der Waals surface area contributed by atoms with Gasteiger partial charge in [-0.1, -0.05) is 32.6 Å². The van der Waals surface area contributed by atoms with Gasteiger partial charge in [-0.3, -0.25) is 9.67 Å². The van der Waals surface area contributed by atoms with Crippen LogP contribution in [0.1, 0.15) is 45.1 Å². The first kappa shape index (κ1) is 15.7. The van der Waals surface area contributed by atoms with Gasteiger partial charge in [0.25, 0.3) is 0 Å². The van der Waals surface area contributed by atoms with Crippen LogP contribution in [0, 0.1) is 5.92 Å². The molecule has 3 nitrogen and oxygen atoms in total. The topological polar surface area (TPSA) is 30.7 Å². The van der Waals surface area contributed by atoms with Crippen LogP contribution >= 0.6 is 0 Å². The molecule has 0 saturated heterocycles. The lowest BCUT2D eigenvalue weighted by molar-refractivity contribution is 0.484. The van der Waals surface area contributed by atoms with Crippen molar-refractivity contribution < 1.29 is 4.39 Å². The van der Waals surface area contributed by atoms with Crippen LogP contribution in [0.3, 0.4) is 0 Å². The van der Waals surface area contributed by atoms with Gasteiger partial charge >= 0.3 is 0 Å². The van der Waals surface area contributed by atoms with Crippen LogP contribution < -0.4 is 0 Å². The van der Waals surface area contributed by atoms with Gasteiger partial charge in [-0.25, -0.2) is 4.39 Å². The predicted molar refractivity (Wildman–Crippen MR) is 83.6 cm³/mol. The summed E-state index contributed by atoms with van der Waals surface area (Å²) >= 11 is 0. The average molecular weight is 289 g/mol. The number of aryl methyl sites for hydroxylation is 1. The van der Waals surface area contributed by atoms with Crippen molar-refractivity contribution in [1.82, 2.24) is 14.8 Å². The van der Waals surface area contributed by atoms with Crippen molar-refractivity contribution in [3.8, 4) is 11.3 Å². The molecule has 0 unspecified atom stereocenters. The van der Waals surface area contributed by atoms with Gasteiger partial charge in [-0.2, -0.15) is 5.10 Å². The summed E-state index contributed by atoms with van der Waals surface area (Å²) in [6.45, 7) is 4.70. The lowest BCUT2D eigenvalue weighted by Crippen LogP contribution is -1.94. The third kappa shape index (κ3) is 4.66. The molecule has 114 valence electrons. The molecule has 0 bridgehead atoms. The molecule has 2 aromatic heterocycles. The van der Waals surface area contributed by atoms with Crippen molar-refractivity contribution >= 4 is 0 Å². The second-order valence-corrected chi connectivity index (χ2v) is 5.66. The van der Waals surface area contributed by atoms with Crippen molar-refractivity contribution in [1.29, 1.82) is 0 Å². The minimum atomic E-state index is -0.491. The highest BCUT2D eigenvalue weighted by atomic mass is 19.1. The summed E-state index contributed by atoms with van der Waals surface area (Å²) in [6.07, 6.45) is 11.1. The molecule has 0 amide bonds. The van der Waals surface area contributed by atoms with Crippen LogP contribution in [0.4, 0.5) is 4.39 Å². The van der Waals surface area contributed by atoms with E-state index < -0.39 is 6.67 Å². The second kappa shape index (κ2) is 7.91. The maximum absolute atomic E-state index is 12.4. The Morgan fingerprint density at radius 3 is 2.57 bits per heavy atom.